The molecule has 0 spiro atoms. The second-order valence-corrected chi connectivity index (χ2v) is 7.88. The fourth-order valence-corrected chi connectivity index (χ4v) is 2.78. The summed E-state index contributed by atoms with van der Waals surface area (Å²) in [4.78, 5) is 27.7. The van der Waals surface area contributed by atoms with Gasteiger partial charge in [0.15, 0.2) is 5.11 Å². The standard InChI is InChI=1S/C20H27N3O3S/c1-15-5-7-16(8-6-15)9-10-17(24)21-18(27)22-11-13-23(14-12-22)19(25)26-20(2,3)4/h5-10H,11-14H2,1-4H3,(H,21,24,27)/b10-9+. The van der Waals surface area contributed by atoms with Crippen molar-refractivity contribution in [1.82, 2.24) is 15.1 Å². The maximum absolute atomic E-state index is 12.1. The molecule has 0 aromatic heterocycles. The summed E-state index contributed by atoms with van der Waals surface area (Å²) in [6.45, 7) is 9.66. The summed E-state index contributed by atoms with van der Waals surface area (Å²) >= 11 is 5.32. The molecule has 1 aromatic rings. The van der Waals surface area contributed by atoms with Gasteiger partial charge < -0.3 is 14.5 Å². The molecule has 1 saturated heterocycles. The zero-order chi connectivity index (χ0) is 20.0. The van der Waals surface area contributed by atoms with Gasteiger partial charge in [0, 0.05) is 32.3 Å². The summed E-state index contributed by atoms with van der Waals surface area (Å²) in [6.07, 6.45) is 2.89. The Bertz CT molecular complexity index is 715. The highest BCUT2D eigenvalue weighted by Crippen LogP contribution is 2.12. The maximum atomic E-state index is 12.1. The molecule has 0 bridgehead atoms. The summed E-state index contributed by atoms with van der Waals surface area (Å²) in [7, 11) is 0. The van der Waals surface area contributed by atoms with Crippen LogP contribution in [-0.2, 0) is 9.53 Å². The molecule has 1 fully saturated rings. The normalized spacial score (nSPS) is 15.0. The average Bonchev–Trinajstić information content (AvgIpc) is 2.60. The third-order valence-electron chi connectivity index (χ3n) is 3.95. The van der Waals surface area contributed by atoms with E-state index in [1.165, 1.54) is 11.6 Å². The molecule has 0 radical (unpaired) electrons. The second-order valence-electron chi connectivity index (χ2n) is 7.49. The van der Waals surface area contributed by atoms with E-state index < -0.39 is 5.60 Å². The molecule has 0 unspecified atom stereocenters. The van der Waals surface area contributed by atoms with Crippen LogP contribution in [-0.4, -0.2) is 58.7 Å². The molecule has 1 aliphatic heterocycles. The molecule has 27 heavy (non-hydrogen) atoms. The highest BCUT2D eigenvalue weighted by Gasteiger charge is 2.26. The molecule has 0 saturated carbocycles. The third kappa shape index (κ3) is 7.02. The van der Waals surface area contributed by atoms with Gasteiger partial charge >= 0.3 is 6.09 Å². The van der Waals surface area contributed by atoms with Gasteiger partial charge in [0.05, 0.1) is 0 Å². The van der Waals surface area contributed by atoms with Crippen molar-refractivity contribution < 1.29 is 14.3 Å². The van der Waals surface area contributed by atoms with E-state index in [2.05, 4.69) is 5.32 Å². The molecule has 2 amide bonds. The number of piperazine rings is 1. The van der Waals surface area contributed by atoms with Gasteiger partial charge in [-0.05, 0) is 51.6 Å². The minimum atomic E-state index is -0.513. The fourth-order valence-electron chi connectivity index (χ4n) is 2.49. The number of rotatable bonds is 2. The first kappa shape index (κ1) is 20.9. The van der Waals surface area contributed by atoms with E-state index in [0.717, 1.165) is 5.56 Å². The van der Waals surface area contributed by atoms with E-state index in [9.17, 15) is 9.59 Å². The van der Waals surface area contributed by atoms with Gasteiger partial charge in [0.1, 0.15) is 5.60 Å². The van der Waals surface area contributed by atoms with E-state index in [-0.39, 0.29) is 12.0 Å². The van der Waals surface area contributed by atoms with E-state index >= 15 is 0 Å². The highest BCUT2D eigenvalue weighted by molar-refractivity contribution is 7.80. The molecule has 6 nitrogen and oxygen atoms in total. The smallest absolute Gasteiger partial charge is 0.410 e. The molecule has 1 aliphatic rings. The topological polar surface area (TPSA) is 61.9 Å². The van der Waals surface area contributed by atoms with Gasteiger partial charge in [-0.2, -0.15) is 0 Å². The summed E-state index contributed by atoms with van der Waals surface area (Å²) in [5, 5.41) is 3.08. The van der Waals surface area contributed by atoms with Crippen molar-refractivity contribution in [1.29, 1.82) is 0 Å². The van der Waals surface area contributed by atoms with Gasteiger partial charge in [0.25, 0.3) is 0 Å². The molecule has 7 heteroatoms. The number of benzene rings is 1. The zero-order valence-electron chi connectivity index (χ0n) is 16.3. The van der Waals surface area contributed by atoms with Crippen molar-refractivity contribution in [3.8, 4) is 0 Å². The third-order valence-corrected chi connectivity index (χ3v) is 4.31. The average molecular weight is 390 g/mol. The van der Waals surface area contributed by atoms with E-state index in [1.807, 2.05) is 56.9 Å². The van der Waals surface area contributed by atoms with Crippen LogP contribution in [0.4, 0.5) is 4.79 Å². The van der Waals surface area contributed by atoms with E-state index in [1.54, 1.807) is 11.0 Å². The van der Waals surface area contributed by atoms with Crippen LogP contribution in [0, 0.1) is 6.92 Å². The molecular formula is C20H27N3O3S. The summed E-state index contributed by atoms with van der Waals surface area (Å²) in [5.74, 6) is -0.268. The monoisotopic (exact) mass is 389 g/mol. The largest absolute Gasteiger partial charge is 0.444 e. The fraction of sp³-hybridized carbons (Fsp3) is 0.450. The number of nitrogens with zero attached hydrogens (tertiary/aromatic N) is 2. The van der Waals surface area contributed by atoms with Gasteiger partial charge in [-0.3, -0.25) is 10.1 Å². The number of nitrogens with one attached hydrogen (secondary N) is 1. The molecular weight excluding hydrogens is 362 g/mol. The highest BCUT2D eigenvalue weighted by atomic mass is 32.1. The van der Waals surface area contributed by atoms with Crippen LogP contribution in [0.5, 0.6) is 0 Å². The Morgan fingerprint density at radius 3 is 2.19 bits per heavy atom. The molecule has 1 heterocycles. The lowest BCUT2D eigenvalue weighted by Gasteiger charge is -2.36. The van der Waals surface area contributed by atoms with Crippen LogP contribution >= 0.6 is 12.2 Å². The van der Waals surface area contributed by atoms with Crippen LogP contribution in [0.25, 0.3) is 6.08 Å². The van der Waals surface area contributed by atoms with Crippen molar-refractivity contribution in [2.45, 2.75) is 33.3 Å². The predicted molar refractivity (Wildman–Crippen MR) is 110 cm³/mol. The minimum Gasteiger partial charge on any atom is -0.444 e. The van der Waals surface area contributed by atoms with Crippen molar-refractivity contribution in [3.05, 3.63) is 41.5 Å². The van der Waals surface area contributed by atoms with E-state index in [4.69, 9.17) is 17.0 Å². The maximum Gasteiger partial charge on any atom is 0.410 e. The Labute approximate surface area is 166 Å². The van der Waals surface area contributed by atoms with Gasteiger partial charge in [-0.1, -0.05) is 29.8 Å². The SMILES string of the molecule is Cc1ccc(/C=C/C(=O)NC(=S)N2CCN(C(=O)OC(C)(C)C)CC2)cc1. The van der Waals surface area contributed by atoms with Crippen LogP contribution in [0.3, 0.4) is 0 Å². The minimum absolute atomic E-state index is 0.268. The molecule has 0 atom stereocenters. The lowest BCUT2D eigenvalue weighted by molar-refractivity contribution is -0.115. The Morgan fingerprint density at radius 1 is 1.07 bits per heavy atom. The number of ether oxygens (including phenoxy) is 1. The Hall–Kier alpha value is -2.41. The number of carbonyl (C=O) groups is 2. The number of carbonyl (C=O) groups excluding carboxylic acids is 2. The molecule has 2 rings (SSSR count). The number of hydrogen-bond donors (Lipinski definition) is 1. The molecule has 146 valence electrons. The van der Waals surface area contributed by atoms with Crippen molar-refractivity contribution >= 4 is 35.4 Å². The van der Waals surface area contributed by atoms with Gasteiger partial charge in [-0.15, -0.1) is 0 Å². The number of aryl methyl sites for hydroxylation is 1. The molecule has 1 aromatic carbocycles. The molecule has 1 N–H and O–H groups in total. The van der Waals surface area contributed by atoms with Crippen molar-refractivity contribution in [3.63, 3.8) is 0 Å². The van der Waals surface area contributed by atoms with Crippen LogP contribution in [0.2, 0.25) is 0 Å². The number of hydrogen-bond acceptors (Lipinski definition) is 4. The first-order chi connectivity index (χ1) is 12.6. The summed E-state index contributed by atoms with van der Waals surface area (Å²) in [5.41, 5.74) is 1.61. The Kier molecular flexibility index (Phi) is 6.96. The van der Waals surface area contributed by atoms with Crippen LogP contribution < -0.4 is 5.32 Å². The lowest BCUT2D eigenvalue weighted by atomic mass is 10.1. The first-order valence-corrected chi connectivity index (χ1v) is 9.37. The summed E-state index contributed by atoms with van der Waals surface area (Å²) < 4.78 is 5.38. The van der Waals surface area contributed by atoms with Crippen LogP contribution in [0.15, 0.2) is 30.3 Å². The second kappa shape index (κ2) is 8.99. The van der Waals surface area contributed by atoms with Gasteiger partial charge in [0.2, 0.25) is 5.91 Å². The summed E-state index contributed by atoms with van der Waals surface area (Å²) in [6, 6.07) is 7.89. The van der Waals surface area contributed by atoms with E-state index in [0.29, 0.717) is 31.3 Å². The van der Waals surface area contributed by atoms with Crippen LogP contribution in [0.1, 0.15) is 31.9 Å². The molecule has 0 aliphatic carbocycles. The first-order valence-electron chi connectivity index (χ1n) is 8.96. The lowest BCUT2D eigenvalue weighted by Crippen LogP contribution is -2.54. The van der Waals surface area contributed by atoms with Gasteiger partial charge in [-0.25, -0.2) is 4.79 Å². The Balaban J connectivity index is 1.79. The predicted octanol–water partition coefficient (Wildman–Crippen LogP) is 2.96. The number of thiocarbonyl (C=S) groups is 1. The quantitative estimate of drug-likeness (QED) is 0.622. The Morgan fingerprint density at radius 2 is 1.63 bits per heavy atom. The van der Waals surface area contributed by atoms with Crippen molar-refractivity contribution in [2.24, 2.45) is 0 Å². The zero-order valence-corrected chi connectivity index (χ0v) is 17.1. The number of amides is 2. The van der Waals surface area contributed by atoms with Crippen molar-refractivity contribution in [2.75, 3.05) is 26.2 Å².